The second-order valence-corrected chi connectivity index (χ2v) is 7.99. The predicted octanol–water partition coefficient (Wildman–Crippen LogP) is 4.75. The van der Waals surface area contributed by atoms with Crippen LogP contribution < -0.4 is 10.1 Å². The highest BCUT2D eigenvalue weighted by Crippen LogP contribution is 2.29. The van der Waals surface area contributed by atoms with Gasteiger partial charge in [-0.25, -0.2) is 4.79 Å². The molecule has 6 heteroatoms. The molecule has 3 rings (SSSR count). The minimum Gasteiger partial charge on any atom is -0.496 e. The first-order chi connectivity index (χ1) is 15.9. The second-order valence-electron chi connectivity index (χ2n) is 7.99. The number of carbonyl (C=O) groups excluding carboxylic acids is 1. The van der Waals surface area contributed by atoms with E-state index in [2.05, 4.69) is 41.4 Å². The fourth-order valence-corrected chi connectivity index (χ4v) is 3.88. The van der Waals surface area contributed by atoms with Gasteiger partial charge in [-0.2, -0.15) is 0 Å². The van der Waals surface area contributed by atoms with E-state index in [-0.39, 0.29) is 11.5 Å². The van der Waals surface area contributed by atoms with Crippen LogP contribution in [0.25, 0.3) is 10.9 Å². The van der Waals surface area contributed by atoms with Gasteiger partial charge in [0.2, 0.25) is 5.91 Å². The third kappa shape index (κ3) is 5.52. The number of carboxylic acids is 1. The largest absolute Gasteiger partial charge is 0.496 e. The number of ether oxygens (including phenoxy) is 1. The highest BCUT2D eigenvalue weighted by molar-refractivity contribution is 5.93. The SMILES string of the molecule is C=CCn1cc(Cc2ccc(C(=O)O)cc2OC)c2cc(CC(=C)C(=O)NCCC)ccc21. The zero-order valence-electron chi connectivity index (χ0n) is 19.2. The monoisotopic (exact) mass is 446 g/mol. The number of nitrogens with zero attached hydrogens (tertiary/aromatic N) is 1. The van der Waals surface area contributed by atoms with Crippen molar-refractivity contribution in [3.63, 3.8) is 0 Å². The van der Waals surface area contributed by atoms with Gasteiger partial charge in [-0.3, -0.25) is 4.79 Å². The van der Waals surface area contributed by atoms with Gasteiger partial charge in [-0.15, -0.1) is 6.58 Å². The molecule has 2 aromatic carbocycles. The number of carbonyl (C=O) groups is 2. The number of amides is 1. The van der Waals surface area contributed by atoms with Crippen LogP contribution in [0.1, 0.15) is 40.4 Å². The molecule has 0 radical (unpaired) electrons. The Morgan fingerprint density at radius 2 is 1.97 bits per heavy atom. The topological polar surface area (TPSA) is 80.6 Å². The molecular weight excluding hydrogens is 416 g/mol. The number of aromatic carboxylic acids is 1. The van der Waals surface area contributed by atoms with Crippen molar-refractivity contribution in [2.75, 3.05) is 13.7 Å². The summed E-state index contributed by atoms with van der Waals surface area (Å²) < 4.78 is 7.59. The van der Waals surface area contributed by atoms with Crippen LogP contribution in [-0.4, -0.2) is 35.2 Å². The van der Waals surface area contributed by atoms with E-state index in [1.54, 1.807) is 25.3 Å². The zero-order valence-corrected chi connectivity index (χ0v) is 19.2. The normalized spacial score (nSPS) is 10.7. The van der Waals surface area contributed by atoms with Crippen LogP contribution >= 0.6 is 0 Å². The van der Waals surface area contributed by atoms with Gasteiger partial charge in [-0.05, 0) is 47.4 Å². The van der Waals surface area contributed by atoms with Crippen LogP contribution in [0.5, 0.6) is 5.75 Å². The molecule has 0 saturated heterocycles. The fraction of sp³-hybridized carbons (Fsp3) is 0.259. The lowest BCUT2D eigenvalue weighted by atomic mass is 9.99. The maximum atomic E-state index is 12.2. The number of carboxylic acid groups (broad SMARTS) is 1. The van der Waals surface area contributed by atoms with Crippen LogP contribution in [0.4, 0.5) is 0 Å². The van der Waals surface area contributed by atoms with E-state index in [0.717, 1.165) is 34.0 Å². The second kappa shape index (κ2) is 10.7. The van der Waals surface area contributed by atoms with Crippen molar-refractivity contribution in [3.8, 4) is 5.75 Å². The number of rotatable bonds is 11. The maximum absolute atomic E-state index is 12.2. The number of nitrogens with one attached hydrogen (secondary N) is 1. The summed E-state index contributed by atoms with van der Waals surface area (Å²) in [7, 11) is 1.54. The van der Waals surface area contributed by atoms with Crippen molar-refractivity contribution in [2.24, 2.45) is 0 Å². The number of hydrogen-bond acceptors (Lipinski definition) is 3. The van der Waals surface area contributed by atoms with Crippen LogP contribution in [0.15, 0.2) is 67.4 Å². The van der Waals surface area contributed by atoms with Crippen molar-refractivity contribution in [3.05, 3.63) is 89.7 Å². The van der Waals surface area contributed by atoms with E-state index in [0.29, 0.717) is 37.3 Å². The van der Waals surface area contributed by atoms with Gasteiger partial charge in [0.1, 0.15) is 5.75 Å². The van der Waals surface area contributed by atoms with E-state index in [4.69, 9.17) is 4.74 Å². The standard InChI is InChI=1S/C27H30N2O4/c1-5-11-28-26(30)18(3)13-19-7-10-24-23(14-19)22(17-29(24)12-6-2)15-20-8-9-21(27(31)32)16-25(20)33-4/h6-10,14,16-17H,2-3,5,11-13,15H2,1,4H3,(H,28,30)(H,31,32). The summed E-state index contributed by atoms with van der Waals surface area (Å²) in [6.07, 6.45) is 5.85. The number of allylic oxidation sites excluding steroid dienone is 1. The number of aromatic nitrogens is 1. The van der Waals surface area contributed by atoms with E-state index < -0.39 is 5.97 Å². The minimum absolute atomic E-state index is 0.121. The molecule has 1 amide bonds. The third-order valence-electron chi connectivity index (χ3n) is 5.54. The molecule has 33 heavy (non-hydrogen) atoms. The van der Waals surface area contributed by atoms with E-state index in [1.165, 1.54) is 0 Å². The molecule has 3 aromatic rings. The first-order valence-electron chi connectivity index (χ1n) is 11.0. The molecule has 0 atom stereocenters. The lowest BCUT2D eigenvalue weighted by molar-refractivity contribution is -0.117. The van der Waals surface area contributed by atoms with E-state index >= 15 is 0 Å². The Labute approximate surface area is 194 Å². The van der Waals surface area contributed by atoms with Crippen molar-refractivity contribution >= 4 is 22.8 Å². The maximum Gasteiger partial charge on any atom is 0.335 e. The van der Waals surface area contributed by atoms with Gasteiger partial charge in [0.15, 0.2) is 0 Å². The number of benzene rings is 2. The third-order valence-corrected chi connectivity index (χ3v) is 5.54. The van der Waals surface area contributed by atoms with Gasteiger partial charge in [0.25, 0.3) is 0 Å². The van der Waals surface area contributed by atoms with E-state index in [1.807, 2.05) is 19.1 Å². The van der Waals surface area contributed by atoms with Crippen LogP contribution in [-0.2, 0) is 24.2 Å². The molecule has 2 N–H and O–H groups in total. The summed E-state index contributed by atoms with van der Waals surface area (Å²) in [5.74, 6) is -0.573. The van der Waals surface area contributed by atoms with Crippen LogP contribution in [0.2, 0.25) is 0 Å². The summed E-state index contributed by atoms with van der Waals surface area (Å²) in [5.41, 5.74) is 4.76. The molecule has 0 aliphatic rings. The molecule has 172 valence electrons. The molecule has 0 aliphatic heterocycles. The molecule has 0 unspecified atom stereocenters. The summed E-state index contributed by atoms with van der Waals surface area (Å²) in [6.45, 7) is 11.1. The first kappa shape index (κ1) is 23.9. The van der Waals surface area contributed by atoms with Crippen molar-refractivity contribution in [1.82, 2.24) is 9.88 Å². The molecule has 6 nitrogen and oxygen atoms in total. The van der Waals surface area contributed by atoms with Gasteiger partial charge in [0.05, 0.1) is 12.7 Å². The Hall–Kier alpha value is -3.80. The highest BCUT2D eigenvalue weighted by atomic mass is 16.5. The average molecular weight is 447 g/mol. The Bertz CT molecular complexity index is 1210. The van der Waals surface area contributed by atoms with Crippen LogP contribution in [0, 0.1) is 0 Å². The highest BCUT2D eigenvalue weighted by Gasteiger charge is 2.15. The molecular formula is C27H30N2O4. The number of fused-ring (bicyclic) bond motifs is 1. The average Bonchev–Trinajstić information content (AvgIpc) is 3.14. The van der Waals surface area contributed by atoms with Gasteiger partial charge in [-0.1, -0.05) is 31.7 Å². The van der Waals surface area contributed by atoms with Crippen molar-refractivity contribution in [2.45, 2.75) is 32.7 Å². The van der Waals surface area contributed by atoms with E-state index in [9.17, 15) is 14.7 Å². The Kier molecular flexibility index (Phi) is 7.72. The Morgan fingerprint density at radius 3 is 2.64 bits per heavy atom. The lowest BCUT2D eigenvalue weighted by Gasteiger charge is -2.10. The summed E-state index contributed by atoms with van der Waals surface area (Å²) in [6, 6.07) is 11.1. The summed E-state index contributed by atoms with van der Waals surface area (Å²) >= 11 is 0. The first-order valence-corrected chi connectivity index (χ1v) is 11.0. The molecule has 1 heterocycles. The molecule has 0 aliphatic carbocycles. The number of hydrogen-bond donors (Lipinski definition) is 2. The molecule has 0 saturated carbocycles. The van der Waals surface area contributed by atoms with Crippen molar-refractivity contribution in [1.29, 1.82) is 0 Å². The summed E-state index contributed by atoms with van der Waals surface area (Å²) in [4.78, 5) is 23.5. The van der Waals surface area contributed by atoms with Gasteiger partial charge >= 0.3 is 5.97 Å². The zero-order chi connectivity index (χ0) is 24.0. The molecule has 1 aromatic heterocycles. The van der Waals surface area contributed by atoms with Gasteiger partial charge in [0, 0.05) is 48.6 Å². The quantitative estimate of drug-likeness (QED) is 0.329. The lowest BCUT2D eigenvalue weighted by Crippen LogP contribution is -2.25. The molecule has 0 bridgehead atoms. The number of methoxy groups -OCH3 is 1. The van der Waals surface area contributed by atoms with Crippen molar-refractivity contribution < 1.29 is 19.4 Å². The predicted molar refractivity (Wildman–Crippen MR) is 131 cm³/mol. The smallest absolute Gasteiger partial charge is 0.335 e. The Balaban J connectivity index is 1.96. The summed E-state index contributed by atoms with van der Waals surface area (Å²) in [5, 5.41) is 13.2. The molecule has 0 spiro atoms. The van der Waals surface area contributed by atoms with Crippen LogP contribution in [0.3, 0.4) is 0 Å². The minimum atomic E-state index is -0.990. The fourth-order valence-electron chi connectivity index (χ4n) is 3.88. The van der Waals surface area contributed by atoms with Gasteiger partial charge < -0.3 is 19.7 Å². The Morgan fingerprint density at radius 1 is 1.18 bits per heavy atom. The molecule has 0 fully saturated rings.